The molecule has 1 aromatic rings. The van der Waals surface area contributed by atoms with Crippen molar-refractivity contribution in [3.8, 4) is 5.75 Å². The van der Waals surface area contributed by atoms with E-state index in [1.54, 1.807) is 0 Å². The molecule has 3 heteroatoms. The minimum absolute atomic E-state index is 0.236. The second-order valence-corrected chi connectivity index (χ2v) is 5.45. The van der Waals surface area contributed by atoms with Crippen molar-refractivity contribution in [2.75, 3.05) is 18.1 Å². The summed E-state index contributed by atoms with van der Waals surface area (Å²) in [6.07, 6.45) is 2.17. The highest BCUT2D eigenvalue weighted by atomic mass is 32.2. The quantitative estimate of drug-likeness (QED) is 0.800. The fourth-order valence-corrected chi connectivity index (χ4v) is 2.57. The Morgan fingerprint density at radius 3 is 3.19 bits per heavy atom. The maximum absolute atomic E-state index is 5.99. The van der Waals surface area contributed by atoms with E-state index in [0.717, 1.165) is 36.7 Å². The second-order valence-electron chi connectivity index (χ2n) is 4.05. The lowest BCUT2D eigenvalue weighted by Crippen LogP contribution is -2.05. The Hall–Kier alpha value is -0.670. The summed E-state index contributed by atoms with van der Waals surface area (Å²) in [4.78, 5) is 0. The van der Waals surface area contributed by atoms with Crippen LogP contribution in [-0.2, 0) is 6.42 Å². The molecule has 0 heterocycles. The third-order valence-corrected chi connectivity index (χ3v) is 3.80. The fourth-order valence-electron chi connectivity index (χ4n) is 2.08. The zero-order valence-electron chi connectivity index (χ0n) is 9.74. The maximum atomic E-state index is 5.99. The van der Waals surface area contributed by atoms with E-state index < -0.39 is 0 Å². The molecule has 0 spiro atoms. The maximum Gasteiger partial charge on any atom is 0.119 e. The molecule has 1 aliphatic carbocycles. The van der Waals surface area contributed by atoms with Crippen LogP contribution >= 0.6 is 11.8 Å². The Balaban J connectivity index is 1.92. The molecule has 1 aromatic carbocycles. The van der Waals surface area contributed by atoms with E-state index in [-0.39, 0.29) is 6.04 Å². The Labute approximate surface area is 102 Å². The van der Waals surface area contributed by atoms with Crippen LogP contribution in [0, 0.1) is 0 Å². The SMILES string of the molecule is CCSCCOc1ccc2c(c1)CC[C@@H]2N. The van der Waals surface area contributed by atoms with E-state index >= 15 is 0 Å². The molecule has 0 saturated carbocycles. The molecule has 0 unspecified atom stereocenters. The molecule has 2 nitrogen and oxygen atoms in total. The van der Waals surface area contributed by atoms with Crippen molar-refractivity contribution < 1.29 is 4.74 Å². The lowest BCUT2D eigenvalue weighted by atomic mass is 10.1. The van der Waals surface area contributed by atoms with E-state index in [1.807, 2.05) is 17.8 Å². The van der Waals surface area contributed by atoms with E-state index in [0.29, 0.717) is 0 Å². The van der Waals surface area contributed by atoms with E-state index in [2.05, 4.69) is 19.1 Å². The predicted molar refractivity (Wildman–Crippen MR) is 70.2 cm³/mol. The van der Waals surface area contributed by atoms with Gasteiger partial charge in [0.2, 0.25) is 0 Å². The number of aryl methyl sites for hydroxylation is 1. The highest BCUT2D eigenvalue weighted by Crippen LogP contribution is 2.31. The first-order valence-electron chi connectivity index (χ1n) is 5.90. The largest absolute Gasteiger partial charge is 0.493 e. The van der Waals surface area contributed by atoms with Gasteiger partial charge in [-0.1, -0.05) is 13.0 Å². The lowest BCUT2D eigenvalue weighted by molar-refractivity contribution is 0.343. The zero-order chi connectivity index (χ0) is 11.4. The van der Waals surface area contributed by atoms with Gasteiger partial charge in [0, 0.05) is 11.8 Å². The summed E-state index contributed by atoms with van der Waals surface area (Å²) < 4.78 is 5.71. The van der Waals surface area contributed by atoms with Gasteiger partial charge in [-0.05, 0) is 41.9 Å². The minimum atomic E-state index is 0.236. The van der Waals surface area contributed by atoms with Crippen LogP contribution in [0.5, 0.6) is 5.75 Å². The summed E-state index contributed by atoms with van der Waals surface area (Å²) in [5.74, 6) is 3.21. The van der Waals surface area contributed by atoms with Crippen molar-refractivity contribution in [3.05, 3.63) is 29.3 Å². The summed E-state index contributed by atoms with van der Waals surface area (Å²) in [5, 5.41) is 0. The molecule has 1 atom stereocenters. The number of hydrogen-bond acceptors (Lipinski definition) is 3. The molecule has 2 N–H and O–H groups in total. The lowest BCUT2D eigenvalue weighted by Gasteiger charge is -2.09. The molecule has 0 bridgehead atoms. The number of benzene rings is 1. The molecular formula is C13H19NOS. The van der Waals surface area contributed by atoms with Crippen molar-refractivity contribution in [3.63, 3.8) is 0 Å². The van der Waals surface area contributed by atoms with Crippen molar-refractivity contribution >= 4 is 11.8 Å². The smallest absolute Gasteiger partial charge is 0.119 e. The average Bonchev–Trinajstić information content (AvgIpc) is 2.66. The Bertz CT molecular complexity index is 354. The standard InChI is InChI=1S/C13H19NOS/c1-2-16-8-7-15-11-4-5-12-10(9-11)3-6-13(12)14/h4-5,9,13H,2-3,6-8,14H2,1H3/t13-/m0/s1. The zero-order valence-corrected chi connectivity index (χ0v) is 10.6. The molecule has 0 radical (unpaired) electrons. The molecule has 0 amide bonds. The van der Waals surface area contributed by atoms with Gasteiger partial charge in [0.1, 0.15) is 5.75 Å². The van der Waals surface area contributed by atoms with Gasteiger partial charge in [0.15, 0.2) is 0 Å². The average molecular weight is 237 g/mol. The van der Waals surface area contributed by atoms with Gasteiger partial charge in [-0.2, -0.15) is 11.8 Å². The summed E-state index contributed by atoms with van der Waals surface area (Å²) in [6.45, 7) is 2.96. The number of ether oxygens (including phenoxy) is 1. The number of thioether (sulfide) groups is 1. The first kappa shape index (κ1) is 11.8. The first-order valence-corrected chi connectivity index (χ1v) is 7.05. The van der Waals surface area contributed by atoms with Gasteiger partial charge >= 0.3 is 0 Å². The number of fused-ring (bicyclic) bond motifs is 1. The topological polar surface area (TPSA) is 35.2 Å². The van der Waals surface area contributed by atoms with Crippen LogP contribution in [0.4, 0.5) is 0 Å². The Kier molecular flexibility index (Phi) is 4.13. The van der Waals surface area contributed by atoms with Crippen molar-refractivity contribution in [1.82, 2.24) is 0 Å². The molecule has 88 valence electrons. The molecular weight excluding hydrogens is 218 g/mol. The Morgan fingerprint density at radius 2 is 2.38 bits per heavy atom. The van der Waals surface area contributed by atoms with Gasteiger partial charge < -0.3 is 10.5 Å². The highest BCUT2D eigenvalue weighted by Gasteiger charge is 2.18. The third kappa shape index (κ3) is 2.71. The van der Waals surface area contributed by atoms with Crippen LogP contribution in [0.1, 0.15) is 30.5 Å². The molecule has 0 aromatic heterocycles. The van der Waals surface area contributed by atoms with Gasteiger partial charge in [-0.15, -0.1) is 0 Å². The molecule has 0 saturated heterocycles. The summed E-state index contributed by atoms with van der Waals surface area (Å²) in [7, 11) is 0. The molecule has 0 fully saturated rings. The molecule has 2 rings (SSSR count). The normalized spacial score (nSPS) is 18.5. The van der Waals surface area contributed by atoms with Gasteiger partial charge in [-0.25, -0.2) is 0 Å². The number of rotatable bonds is 5. The Morgan fingerprint density at radius 1 is 1.50 bits per heavy atom. The number of hydrogen-bond donors (Lipinski definition) is 1. The minimum Gasteiger partial charge on any atom is -0.493 e. The van der Waals surface area contributed by atoms with Crippen LogP contribution < -0.4 is 10.5 Å². The van der Waals surface area contributed by atoms with Crippen molar-refractivity contribution in [1.29, 1.82) is 0 Å². The predicted octanol–water partition coefficient (Wildman–Crippen LogP) is 2.76. The highest BCUT2D eigenvalue weighted by molar-refractivity contribution is 7.99. The molecule has 1 aliphatic rings. The fraction of sp³-hybridized carbons (Fsp3) is 0.538. The molecule has 16 heavy (non-hydrogen) atoms. The van der Waals surface area contributed by atoms with Crippen LogP contribution in [0.2, 0.25) is 0 Å². The van der Waals surface area contributed by atoms with Gasteiger partial charge in [0.25, 0.3) is 0 Å². The molecule has 0 aliphatic heterocycles. The van der Waals surface area contributed by atoms with Crippen molar-refractivity contribution in [2.24, 2.45) is 5.73 Å². The van der Waals surface area contributed by atoms with Crippen LogP contribution in [0.25, 0.3) is 0 Å². The van der Waals surface area contributed by atoms with Crippen LogP contribution in [0.15, 0.2) is 18.2 Å². The summed E-state index contributed by atoms with van der Waals surface area (Å²) in [5.41, 5.74) is 8.66. The van der Waals surface area contributed by atoms with Crippen LogP contribution in [0.3, 0.4) is 0 Å². The first-order chi connectivity index (χ1) is 7.81. The number of nitrogens with two attached hydrogens (primary N) is 1. The summed E-state index contributed by atoms with van der Waals surface area (Å²) >= 11 is 1.91. The van der Waals surface area contributed by atoms with E-state index in [9.17, 15) is 0 Å². The van der Waals surface area contributed by atoms with Crippen molar-refractivity contribution in [2.45, 2.75) is 25.8 Å². The van der Waals surface area contributed by atoms with Crippen LogP contribution in [-0.4, -0.2) is 18.1 Å². The monoisotopic (exact) mass is 237 g/mol. The van der Waals surface area contributed by atoms with Gasteiger partial charge in [-0.3, -0.25) is 0 Å². The summed E-state index contributed by atoms with van der Waals surface area (Å²) in [6, 6.07) is 6.55. The third-order valence-electron chi connectivity index (χ3n) is 2.94. The van der Waals surface area contributed by atoms with E-state index in [4.69, 9.17) is 10.5 Å². The van der Waals surface area contributed by atoms with E-state index in [1.165, 1.54) is 11.1 Å². The van der Waals surface area contributed by atoms with Gasteiger partial charge in [0.05, 0.1) is 6.61 Å². The second kappa shape index (κ2) is 5.60.